The van der Waals surface area contributed by atoms with Crippen molar-refractivity contribution in [2.45, 2.75) is 51.7 Å². The first-order valence-corrected chi connectivity index (χ1v) is 10.3. The molecule has 2 heterocycles. The van der Waals surface area contributed by atoms with Crippen LogP contribution in [0.2, 0.25) is 0 Å². The van der Waals surface area contributed by atoms with Gasteiger partial charge in [0, 0.05) is 19.6 Å². The molecule has 5 nitrogen and oxygen atoms in total. The van der Waals surface area contributed by atoms with Crippen LogP contribution in [0.15, 0.2) is 24.3 Å². The number of piperidine rings is 2. The molecule has 2 saturated heterocycles. The Morgan fingerprint density at radius 2 is 2.00 bits per heavy atom. The van der Waals surface area contributed by atoms with Crippen LogP contribution in [0.3, 0.4) is 0 Å². The molecule has 1 atom stereocenters. The number of likely N-dealkylation sites (tertiary alicyclic amines) is 2. The molecule has 2 aliphatic heterocycles. The van der Waals surface area contributed by atoms with Crippen LogP contribution in [0.1, 0.15) is 45.1 Å². The summed E-state index contributed by atoms with van der Waals surface area (Å²) in [6.07, 6.45) is 3.73. The molecule has 5 heteroatoms. The molecule has 150 valence electrons. The van der Waals surface area contributed by atoms with Crippen molar-refractivity contribution < 1.29 is 14.6 Å². The van der Waals surface area contributed by atoms with Crippen LogP contribution in [0.25, 0.3) is 0 Å². The Hall–Kier alpha value is -1.59. The zero-order valence-electron chi connectivity index (χ0n) is 17.0. The lowest BCUT2D eigenvalue weighted by molar-refractivity contribution is -0.160. The lowest BCUT2D eigenvalue weighted by Crippen LogP contribution is -2.59. The molecule has 0 saturated carbocycles. The predicted octanol–water partition coefficient (Wildman–Crippen LogP) is 2.92. The van der Waals surface area contributed by atoms with Gasteiger partial charge in [-0.15, -0.1) is 0 Å². The van der Waals surface area contributed by atoms with Crippen molar-refractivity contribution >= 4 is 5.91 Å². The van der Waals surface area contributed by atoms with E-state index in [-0.39, 0.29) is 5.91 Å². The molecule has 3 rings (SSSR count). The maximum atomic E-state index is 13.1. The van der Waals surface area contributed by atoms with E-state index in [2.05, 4.69) is 18.7 Å². The van der Waals surface area contributed by atoms with Gasteiger partial charge in [-0.2, -0.15) is 0 Å². The van der Waals surface area contributed by atoms with Crippen LogP contribution in [0.4, 0.5) is 0 Å². The Bertz CT molecular complexity index is 640. The SMILES string of the molecule is COc1cccc(CN2CCC[C@](O)(CN3CCC(C(C)C)CC3)C2=O)c1. The van der Waals surface area contributed by atoms with E-state index in [9.17, 15) is 9.90 Å². The third-order valence-corrected chi connectivity index (χ3v) is 6.27. The van der Waals surface area contributed by atoms with Crippen molar-refractivity contribution in [2.24, 2.45) is 11.8 Å². The average molecular weight is 375 g/mol. The summed E-state index contributed by atoms with van der Waals surface area (Å²) in [6, 6.07) is 7.80. The molecular formula is C22H34N2O3. The molecule has 0 bridgehead atoms. The molecular weight excluding hydrogens is 340 g/mol. The summed E-state index contributed by atoms with van der Waals surface area (Å²) in [6.45, 7) is 8.22. The largest absolute Gasteiger partial charge is 0.497 e. The maximum Gasteiger partial charge on any atom is 0.256 e. The van der Waals surface area contributed by atoms with Gasteiger partial charge in [0.1, 0.15) is 5.75 Å². The van der Waals surface area contributed by atoms with Crippen molar-refractivity contribution in [3.8, 4) is 5.75 Å². The zero-order chi connectivity index (χ0) is 19.4. The second-order valence-corrected chi connectivity index (χ2v) is 8.57. The first-order valence-electron chi connectivity index (χ1n) is 10.3. The van der Waals surface area contributed by atoms with Crippen LogP contribution >= 0.6 is 0 Å². The summed E-state index contributed by atoms with van der Waals surface area (Å²) < 4.78 is 5.28. The fourth-order valence-corrected chi connectivity index (χ4v) is 4.50. The van der Waals surface area contributed by atoms with E-state index in [1.54, 1.807) is 12.0 Å². The first kappa shape index (κ1) is 20.2. The third-order valence-electron chi connectivity index (χ3n) is 6.27. The molecule has 2 fully saturated rings. The number of methoxy groups -OCH3 is 1. The fraction of sp³-hybridized carbons (Fsp3) is 0.682. The second kappa shape index (κ2) is 8.61. The number of amides is 1. The van der Waals surface area contributed by atoms with E-state index in [0.29, 0.717) is 32.0 Å². The predicted molar refractivity (Wildman–Crippen MR) is 107 cm³/mol. The standard InChI is InChI=1S/C22H34N2O3/c1-17(2)19-8-12-23(13-9-19)16-22(26)10-5-11-24(21(22)25)15-18-6-4-7-20(14-18)27-3/h4,6-7,14,17,19,26H,5,8-13,15-16H2,1-3H3/t22-/m0/s1. The van der Waals surface area contributed by atoms with Gasteiger partial charge in [0.2, 0.25) is 0 Å². The third kappa shape index (κ3) is 4.82. The molecule has 27 heavy (non-hydrogen) atoms. The fourth-order valence-electron chi connectivity index (χ4n) is 4.50. The number of ether oxygens (including phenoxy) is 1. The summed E-state index contributed by atoms with van der Waals surface area (Å²) in [5.41, 5.74) is -0.216. The lowest BCUT2D eigenvalue weighted by Gasteiger charge is -2.43. The highest BCUT2D eigenvalue weighted by Gasteiger charge is 2.43. The van der Waals surface area contributed by atoms with Crippen LogP contribution in [0, 0.1) is 11.8 Å². The Morgan fingerprint density at radius 1 is 1.26 bits per heavy atom. The van der Waals surface area contributed by atoms with Crippen LogP contribution in [-0.4, -0.2) is 59.7 Å². The number of rotatable bonds is 6. The number of nitrogens with zero attached hydrogens (tertiary/aromatic N) is 2. The maximum absolute atomic E-state index is 13.1. The summed E-state index contributed by atoms with van der Waals surface area (Å²) in [5, 5.41) is 11.2. The van der Waals surface area contributed by atoms with Gasteiger partial charge in [-0.1, -0.05) is 26.0 Å². The van der Waals surface area contributed by atoms with E-state index < -0.39 is 5.60 Å². The summed E-state index contributed by atoms with van der Waals surface area (Å²) >= 11 is 0. The molecule has 1 aromatic rings. The highest BCUT2D eigenvalue weighted by molar-refractivity contribution is 5.86. The molecule has 0 unspecified atom stereocenters. The monoisotopic (exact) mass is 374 g/mol. The van der Waals surface area contributed by atoms with Gasteiger partial charge in [0.05, 0.1) is 7.11 Å². The molecule has 0 radical (unpaired) electrons. The number of carbonyl (C=O) groups is 1. The molecule has 2 aliphatic rings. The van der Waals surface area contributed by atoms with E-state index in [1.165, 1.54) is 0 Å². The van der Waals surface area contributed by atoms with Gasteiger partial charge in [-0.05, 0) is 68.3 Å². The minimum absolute atomic E-state index is 0.123. The summed E-state index contributed by atoms with van der Waals surface area (Å²) in [4.78, 5) is 17.2. The molecule has 1 amide bonds. The van der Waals surface area contributed by atoms with Crippen molar-refractivity contribution in [3.05, 3.63) is 29.8 Å². The zero-order valence-corrected chi connectivity index (χ0v) is 17.0. The van der Waals surface area contributed by atoms with Gasteiger partial charge in [-0.25, -0.2) is 0 Å². The number of β-amino-alcohol motifs (C(OH)–C–C–N with tert-alkyl or cyclic N) is 1. The number of hydrogen-bond donors (Lipinski definition) is 1. The average Bonchev–Trinajstić information content (AvgIpc) is 2.66. The van der Waals surface area contributed by atoms with Crippen molar-refractivity contribution in [3.63, 3.8) is 0 Å². The van der Waals surface area contributed by atoms with Gasteiger partial charge in [0.15, 0.2) is 5.60 Å². The molecule has 0 aromatic heterocycles. The minimum Gasteiger partial charge on any atom is -0.497 e. The lowest BCUT2D eigenvalue weighted by atomic mass is 9.85. The van der Waals surface area contributed by atoms with Crippen LogP contribution in [-0.2, 0) is 11.3 Å². The highest BCUT2D eigenvalue weighted by Crippen LogP contribution is 2.29. The normalized spacial score (nSPS) is 25.2. The van der Waals surface area contributed by atoms with Gasteiger partial charge < -0.3 is 14.7 Å². The second-order valence-electron chi connectivity index (χ2n) is 8.57. The Balaban J connectivity index is 1.61. The minimum atomic E-state index is -1.25. The molecule has 0 spiro atoms. The van der Waals surface area contributed by atoms with Gasteiger partial charge in [0.25, 0.3) is 5.91 Å². The summed E-state index contributed by atoms with van der Waals surface area (Å²) in [5.74, 6) is 2.15. The topological polar surface area (TPSA) is 53.0 Å². The van der Waals surface area contributed by atoms with Crippen molar-refractivity contribution in [2.75, 3.05) is 33.3 Å². The number of carbonyl (C=O) groups excluding carboxylic acids is 1. The number of aliphatic hydroxyl groups is 1. The van der Waals surface area contributed by atoms with E-state index in [1.807, 2.05) is 24.3 Å². The van der Waals surface area contributed by atoms with Crippen LogP contribution < -0.4 is 4.74 Å². The Morgan fingerprint density at radius 3 is 2.67 bits per heavy atom. The molecule has 0 aliphatic carbocycles. The van der Waals surface area contributed by atoms with E-state index in [0.717, 1.165) is 49.6 Å². The molecule has 1 aromatic carbocycles. The van der Waals surface area contributed by atoms with Crippen LogP contribution in [0.5, 0.6) is 5.75 Å². The number of benzene rings is 1. The van der Waals surface area contributed by atoms with E-state index in [4.69, 9.17) is 4.74 Å². The summed E-state index contributed by atoms with van der Waals surface area (Å²) in [7, 11) is 1.65. The smallest absolute Gasteiger partial charge is 0.256 e. The Labute approximate surface area is 163 Å². The van der Waals surface area contributed by atoms with Crippen molar-refractivity contribution in [1.82, 2.24) is 9.80 Å². The number of hydrogen-bond acceptors (Lipinski definition) is 4. The Kier molecular flexibility index (Phi) is 6.43. The first-order chi connectivity index (χ1) is 12.9. The van der Waals surface area contributed by atoms with Gasteiger partial charge in [-0.3, -0.25) is 9.69 Å². The molecule has 1 N–H and O–H groups in total. The highest BCUT2D eigenvalue weighted by atomic mass is 16.5. The van der Waals surface area contributed by atoms with Crippen molar-refractivity contribution in [1.29, 1.82) is 0 Å². The van der Waals surface area contributed by atoms with E-state index >= 15 is 0 Å². The quantitative estimate of drug-likeness (QED) is 0.832. The van der Waals surface area contributed by atoms with Gasteiger partial charge >= 0.3 is 0 Å².